The van der Waals surface area contributed by atoms with E-state index in [1.54, 1.807) is 0 Å². The van der Waals surface area contributed by atoms with Gasteiger partial charge in [0.15, 0.2) is 0 Å². The molecule has 2 heteroatoms. The summed E-state index contributed by atoms with van der Waals surface area (Å²) in [5, 5.41) is 0. The predicted molar refractivity (Wildman–Crippen MR) is 36.4 cm³/mol. The summed E-state index contributed by atoms with van der Waals surface area (Å²) in [5.41, 5.74) is -0.749. The first kappa shape index (κ1) is 2.29. The topological polar surface area (TPSA) is 32.9 Å². The lowest BCUT2D eigenvalue weighted by molar-refractivity contribution is 1.01. The van der Waals surface area contributed by atoms with E-state index < -0.39 is 18.8 Å². The molecule has 2 nitrogen and oxygen atoms in total. The number of aromatic nitrogens is 1. The standard InChI is InChI=1S/C7H9NO/c1-2-6-4-3-5-7(9)8-6/h3-5H,2H2,1H3,(H,8,9)/i1D3,2D2. The molecule has 0 aliphatic carbocycles. The van der Waals surface area contributed by atoms with E-state index in [2.05, 4.69) is 4.98 Å². The highest BCUT2D eigenvalue weighted by atomic mass is 16.1. The Balaban J connectivity index is 3.23. The molecule has 1 aromatic rings. The van der Waals surface area contributed by atoms with Gasteiger partial charge in [-0.2, -0.15) is 0 Å². The molecule has 0 saturated carbocycles. The molecule has 1 rings (SSSR count). The van der Waals surface area contributed by atoms with Gasteiger partial charge in [0.1, 0.15) is 0 Å². The fraction of sp³-hybridized carbons (Fsp3) is 0.286. The minimum atomic E-state index is -2.79. The summed E-state index contributed by atoms with van der Waals surface area (Å²) in [5.74, 6) is 0. The Morgan fingerprint density at radius 1 is 1.89 bits per heavy atom. The Labute approximate surface area is 60.6 Å². The van der Waals surface area contributed by atoms with Crippen LogP contribution in [0.25, 0.3) is 0 Å². The summed E-state index contributed by atoms with van der Waals surface area (Å²) in [6.45, 7) is -2.79. The third-order valence-electron chi connectivity index (χ3n) is 0.903. The van der Waals surface area contributed by atoms with Crippen molar-refractivity contribution in [2.45, 2.75) is 13.2 Å². The van der Waals surface area contributed by atoms with E-state index >= 15 is 0 Å². The van der Waals surface area contributed by atoms with Crippen LogP contribution < -0.4 is 5.56 Å². The average Bonchev–Trinajstić information content (AvgIpc) is 2.02. The first-order valence-electron chi connectivity index (χ1n) is 4.95. The van der Waals surface area contributed by atoms with Crippen LogP contribution in [0.4, 0.5) is 0 Å². The molecule has 0 bridgehead atoms. The van der Waals surface area contributed by atoms with E-state index in [0.29, 0.717) is 0 Å². The highest BCUT2D eigenvalue weighted by Gasteiger charge is 1.85. The van der Waals surface area contributed by atoms with Crippen LogP contribution in [-0.2, 0) is 6.37 Å². The maximum absolute atomic E-state index is 10.9. The number of hydrogen-bond donors (Lipinski definition) is 1. The summed E-state index contributed by atoms with van der Waals surface area (Å²) in [4.78, 5) is 13.0. The van der Waals surface area contributed by atoms with Crippen LogP contribution in [0.1, 0.15) is 19.4 Å². The van der Waals surface area contributed by atoms with E-state index in [0.717, 1.165) is 0 Å². The van der Waals surface area contributed by atoms with Gasteiger partial charge in [-0.25, -0.2) is 0 Å². The van der Waals surface area contributed by atoms with E-state index in [-0.39, 0.29) is 5.69 Å². The SMILES string of the molecule is [2H]C([2H])([2H])C([2H])([2H])c1cccc(=O)[nH]1. The molecule has 0 fully saturated rings. The van der Waals surface area contributed by atoms with Crippen LogP contribution in [0.3, 0.4) is 0 Å². The highest BCUT2D eigenvalue weighted by molar-refractivity contribution is 5.02. The van der Waals surface area contributed by atoms with Crippen molar-refractivity contribution < 1.29 is 6.85 Å². The van der Waals surface area contributed by atoms with Crippen molar-refractivity contribution in [3.05, 3.63) is 34.2 Å². The first-order chi connectivity index (χ1) is 6.25. The number of nitrogens with one attached hydrogen (secondary N) is 1. The predicted octanol–water partition coefficient (Wildman–Crippen LogP) is 0.937. The van der Waals surface area contributed by atoms with Gasteiger partial charge < -0.3 is 4.98 Å². The largest absolute Gasteiger partial charge is 0.326 e. The van der Waals surface area contributed by atoms with Crippen molar-refractivity contribution in [1.82, 2.24) is 4.98 Å². The van der Waals surface area contributed by atoms with Crippen molar-refractivity contribution in [2.75, 3.05) is 0 Å². The first-order valence-corrected chi connectivity index (χ1v) is 2.45. The number of aromatic amines is 1. The number of H-pyrrole nitrogens is 1. The zero-order valence-electron chi connectivity index (χ0n) is 9.64. The molecule has 0 saturated heterocycles. The second-order valence-corrected chi connectivity index (χ2v) is 1.55. The monoisotopic (exact) mass is 128 g/mol. The summed E-state index contributed by atoms with van der Waals surface area (Å²) in [6, 6.07) is 3.75. The van der Waals surface area contributed by atoms with E-state index in [4.69, 9.17) is 6.85 Å². The number of rotatable bonds is 1. The molecule has 0 spiro atoms. The summed E-state index contributed by atoms with van der Waals surface area (Å²) in [7, 11) is 0. The number of hydrogen-bond acceptors (Lipinski definition) is 1. The van der Waals surface area contributed by atoms with Crippen molar-refractivity contribution in [3.8, 4) is 0 Å². The minimum Gasteiger partial charge on any atom is -0.326 e. The van der Waals surface area contributed by atoms with E-state index in [1.807, 2.05) is 0 Å². The molecule has 0 aromatic carbocycles. The van der Waals surface area contributed by atoms with Crippen LogP contribution in [0.5, 0.6) is 0 Å². The Hall–Kier alpha value is -1.05. The molecule has 0 amide bonds. The summed E-state index contributed by atoms with van der Waals surface area (Å²) in [6.07, 6.45) is -2.53. The fourth-order valence-corrected chi connectivity index (χ4v) is 0.521. The van der Waals surface area contributed by atoms with E-state index in [9.17, 15) is 4.79 Å². The van der Waals surface area contributed by atoms with E-state index in [1.165, 1.54) is 18.2 Å². The van der Waals surface area contributed by atoms with Gasteiger partial charge in [0, 0.05) is 18.6 Å². The molecule has 0 unspecified atom stereocenters. The molecule has 0 radical (unpaired) electrons. The van der Waals surface area contributed by atoms with Crippen molar-refractivity contribution in [2.24, 2.45) is 0 Å². The normalized spacial score (nSPS) is 20.7. The van der Waals surface area contributed by atoms with Crippen LogP contribution in [0.15, 0.2) is 23.0 Å². The Kier molecular flexibility index (Phi) is 0.632. The Morgan fingerprint density at radius 3 is 3.44 bits per heavy atom. The third-order valence-corrected chi connectivity index (χ3v) is 0.903. The Bertz CT molecular complexity index is 380. The summed E-state index contributed by atoms with van der Waals surface area (Å²) >= 11 is 0. The van der Waals surface area contributed by atoms with Gasteiger partial charge in [-0.1, -0.05) is 12.9 Å². The average molecular weight is 128 g/mol. The second-order valence-electron chi connectivity index (χ2n) is 1.55. The fourth-order valence-electron chi connectivity index (χ4n) is 0.521. The van der Waals surface area contributed by atoms with Gasteiger partial charge in [-0.15, -0.1) is 0 Å². The molecular formula is C7H9NO. The molecule has 0 aliphatic rings. The zero-order chi connectivity index (χ0) is 11.0. The lowest BCUT2D eigenvalue weighted by Crippen LogP contribution is -2.04. The van der Waals surface area contributed by atoms with Gasteiger partial charge in [-0.05, 0) is 12.4 Å². The van der Waals surface area contributed by atoms with Gasteiger partial charge >= 0.3 is 0 Å². The smallest absolute Gasteiger partial charge is 0.248 e. The van der Waals surface area contributed by atoms with Crippen molar-refractivity contribution >= 4 is 0 Å². The third kappa shape index (κ3) is 1.42. The maximum Gasteiger partial charge on any atom is 0.248 e. The molecule has 1 N–H and O–H groups in total. The van der Waals surface area contributed by atoms with Gasteiger partial charge in [0.25, 0.3) is 0 Å². The molecule has 48 valence electrons. The second kappa shape index (κ2) is 2.49. The molecular weight excluding hydrogens is 114 g/mol. The van der Waals surface area contributed by atoms with Crippen LogP contribution in [0.2, 0.25) is 0 Å². The minimum absolute atomic E-state index is 0.231. The molecule has 9 heavy (non-hydrogen) atoms. The Morgan fingerprint density at radius 2 is 2.78 bits per heavy atom. The van der Waals surface area contributed by atoms with Crippen molar-refractivity contribution in [3.63, 3.8) is 0 Å². The number of aryl methyl sites for hydroxylation is 1. The van der Waals surface area contributed by atoms with Gasteiger partial charge in [-0.3, -0.25) is 4.79 Å². The highest BCUT2D eigenvalue weighted by Crippen LogP contribution is 1.88. The van der Waals surface area contributed by atoms with Crippen molar-refractivity contribution in [1.29, 1.82) is 0 Å². The quantitative estimate of drug-likeness (QED) is 0.599. The maximum atomic E-state index is 10.9. The molecule has 0 aliphatic heterocycles. The van der Waals surface area contributed by atoms with Crippen LogP contribution >= 0.6 is 0 Å². The summed E-state index contributed by atoms with van der Waals surface area (Å²) < 4.78 is 35.6. The number of pyridine rings is 1. The van der Waals surface area contributed by atoms with Gasteiger partial charge in [0.2, 0.25) is 5.56 Å². The lowest BCUT2D eigenvalue weighted by atomic mass is 10.3. The molecule has 1 aromatic heterocycles. The van der Waals surface area contributed by atoms with Gasteiger partial charge in [0.05, 0.1) is 0 Å². The lowest BCUT2D eigenvalue weighted by Gasteiger charge is -1.90. The molecule has 0 atom stereocenters. The van der Waals surface area contributed by atoms with Crippen LogP contribution in [0, 0.1) is 0 Å². The van der Waals surface area contributed by atoms with Crippen LogP contribution in [-0.4, -0.2) is 4.98 Å². The molecule has 1 heterocycles. The zero-order valence-corrected chi connectivity index (χ0v) is 4.64.